The van der Waals surface area contributed by atoms with Gasteiger partial charge in [-0.2, -0.15) is 0 Å². The highest BCUT2D eigenvalue weighted by Gasteiger charge is 2.76. The molecule has 2 aliphatic heterocycles. The van der Waals surface area contributed by atoms with Crippen molar-refractivity contribution in [1.29, 1.82) is 0 Å². The normalized spacial score (nSPS) is 59.2. The summed E-state index contributed by atoms with van der Waals surface area (Å²) in [5.41, 5.74) is 1.07. The summed E-state index contributed by atoms with van der Waals surface area (Å²) < 4.78 is 26.5. The van der Waals surface area contributed by atoms with Crippen LogP contribution in [0.25, 0.3) is 0 Å². The molecule has 0 radical (unpaired) electrons. The first-order chi connectivity index (χ1) is 15.2. The second-order valence-electron chi connectivity index (χ2n) is 13.1. The summed E-state index contributed by atoms with van der Waals surface area (Å²) in [4.78, 5) is 0. The van der Waals surface area contributed by atoms with Gasteiger partial charge < -0.3 is 14.6 Å². The molecule has 6 rings (SSSR count). The lowest BCUT2D eigenvalue weighted by Gasteiger charge is -2.59. The van der Waals surface area contributed by atoms with E-state index in [1.165, 1.54) is 32.1 Å². The van der Waals surface area contributed by atoms with Gasteiger partial charge in [0.25, 0.3) is 0 Å². The predicted molar refractivity (Wildman–Crippen MR) is 123 cm³/mol. The van der Waals surface area contributed by atoms with Crippen LogP contribution in [0.1, 0.15) is 91.9 Å². The van der Waals surface area contributed by atoms with Gasteiger partial charge in [-0.15, -0.1) is 0 Å². The van der Waals surface area contributed by atoms with Gasteiger partial charge in [0.15, 0.2) is 5.79 Å². The van der Waals surface area contributed by atoms with Crippen molar-refractivity contribution < 1.29 is 19.0 Å². The van der Waals surface area contributed by atoms with Crippen molar-refractivity contribution in [2.24, 2.45) is 40.4 Å². The van der Waals surface area contributed by atoms with E-state index in [9.17, 15) is 9.50 Å². The molecule has 0 aromatic rings. The molecular formula is C28H43FO3. The van der Waals surface area contributed by atoms with Gasteiger partial charge in [0.1, 0.15) is 11.8 Å². The number of ether oxygens (including phenoxy) is 2. The van der Waals surface area contributed by atoms with E-state index in [-0.39, 0.29) is 18.1 Å². The van der Waals surface area contributed by atoms with Gasteiger partial charge in [0, 0.05) is 18.3 Å². The molecule has 6 aliphatic rings. The maximum atomic E-state index is 13.8. The van der Waals surface area contributed by atoms with Crippen LogP contribution in [-0.2, 0) is 9.47 Å². The highest BCUT2D eigenvalue weighted by Crippen LogP contribution is 2.72. The van der Waals surface area contributed by atoms with E-state index in [1.54, 1.807) is 5.57 Å². The van der Waals surface area contributed by atoms with Crippen molar-refractivity contribution in [2.75, 3.05) is 6.61 Å². The minimum absolute atomic E-state index is 0.106. The topological polar surface area (TPSA) is 38.7 Å². The van der Waals surface area contributed by atoms with Gasteiger partial charge >= 0.3 is 0 Å². The minimum atomic E-state index is -0.901. The van der Waals surface area contributed by atoms with Crippen LogP contribution in [0.4, 0.5) is 4.39 Å². The molecule has 0 bridgehead atoms. The zero-order valence-corrected chi connectivity index (χ0v) is 20.5. The van der Waals surface area contributed by atoms with Crippen LogP contribution in [0.2, 0.25) is 0 Å². The Bertz CT molecular complexity index is 802. The van der Waals surface area contributed by atoms with Crippen molar-refractivity contribution in [3.8, 4) is 0 Å². The lowest BCUT2D eigenvalue weighted by atomic mass is 9.45. The van der Waals surface area contributed by atoms with Crippen molar-refractivity contribution in [2.45, 2.75) is 116 Å². The average Bonchev–Trinajstić information content (AvgIpc) is 3.15. The standard InChI is InChI=1S/C28H43FO3/c1-5-20-23-21-7-6-18-14-17(2)8-11-25(18,3)22(21)10-12-26(23,4)28(30)16-27(32-24(20)28)13-9-19(29)15-31-27/h6,17,19-24,30H,5,7-16H2,1-4H3/t17?,19?,20?,21?,22?,23?,24?,25-,26-,27?,28?/m0/s1. The van der Waals surface area contributed by atoms with E-state index in [2.05, 4.69) is 33.8 Å². The largest absolute Gasteiger partial charge is 0.386 e. The van der Waals surface area contributed by atoms with Gasteiger partial charge in [-0.25, -0.2) is 4.39 Å². The van der Waals surface area contributed by atoms with Crippen LogP contribution >= 0.6 is 0 Å². The van der Waals surface area contributed by atoms with Crippen LogP contribution < -0.4 is 0 Å². The van der Waals surface area contributed by atoms with E-state index < -0.39 is 17.6 Å². The molecule has 0 aromatic heterocycles. The Balaban J connectivity index is 1.35. The molecule has 4 heteroatoms. The number of fused-ring (bicyclic) bond motifs is 7. The molecule has 32 heavy (non-hydrogen) atoms. The lowest BCUT2D eigenvalue weighted by Crippen LogP contribution is -2.56. The molecule has 9 unspecified atom stereocenters. The Kier molecular flexibility index (Phi) is 4.85. The summed E-state index contributed by atoms with van der Waals surface area (Å²) in [5.74, 6) is 2.26. The number of aliphatic hydroxyl groups is 1. The first-order valence-electron chi connectivity index (χ1n) is 13.5. The average molecular weight is 447 g/mol. The molecule has 0 aromatic carbocycles. The Morgan fingerprint density at radius 2 is 1.97 bits per heavy atom. The smallest absolute Gasteiger partial charge is 0.171 e. The number of hydrogen-bond acceptors (Lipinski definition) is 3. The quantitative estimate of drug-likeness (QED) is 0.488. The molecule has 11 atom stereocenters. The fourth-order valence-corrected chi connectivity index (χ4v) is 9.90. The monoisotopic (exact) mass is 446 g/mol. The van der Waals surface area contributed by atoms with E-state index in [0.717, 1.165) is 24.7 Å². The van der Waals surface area contributed by atoms with Crippen molar-refractivity contribution in [3.63, 3.8) is 0 Å². The molecule has 2 saturated heterocycles. The molecule has 180 valence electrons. The van der Waals surface area contributed by atoms with Crippen LogP contribution in [0, 0.1) is 40.4 Å². The maximum Gasteiger partial charge on any atom is 0.171 e. The second-order valence-corrected chi connectivity index (χ2v) is 13.1. The molecule has 1 N–H and O–H groups in total. The zero-order valence-electron chi connectivity index (χ0n) is 20.5. The third kappa shape index (κ3) is 2.69. The first-order valence-corrected chi connectivity index (χ1v) is 13.5. The Morgan fingerprint density at radius 1 is 1.16 bits per heavy atom. The number of halogens is 1. The number of rotatable bonds is 1. The van der Waals surface area contributed by atoms with Gasteiger partial charge in [-0.3, -0.25) is 0 Å². The summed E-state index contributed by atoms with van der Waals surface area (Å²) in [7, 11) is 0. The van der Waals surface area contributed by atoms with E-state index in [0.29, 0.717) is 42.4 Å². The van der Waals surface area contributed by atoms with Gasteiger partial charge in [-0.05, 0) is 80.0 Å². The SMILES string of the molecule is CCC1C2OC3(CCC(F)CO3)CC2(O)[C@@]2(C)CCC3C(CC=C4CC(C)CC[C@@]43C)C12. The van der Waals surface area contributed by atoms with E-state index in [1.807, 2.05) is 0 Å². The number of allylic oxidation sites excluding steroid dienone is 2. The summed E-state index contributed by atoms with van der Waals surface area (Å²) in [6.45, 7) is 9.72. The highest BCUT2D eigenvalue weighted by atomic mass is 19.1. The lowest BCUT2D eigenvalue weighted by molar-refractivity contribution is -0.263. The van der Waals surface area contributed by atoms with E-state index >= 15 is 0 Å². The molecule has 2 heterocycles. The van der Waals surface area contributed by atoms with Crippen LogP contribution in [0.3, 0.4) is 0 Å². The minimum Gasteiger partial charge on any atom is -0.386 e. The Labute approximate surface area is 193 Å². The Morgan fingerprint density at radius 3 is 2.69 bits per heavy atom. The molecule has 3 saturated carbocycles. The number of alkyl halides is 1. The van der Waals surface area contributed by atoms with Crippen molar-refractivity contribution >= 4 is 0 Å². The second kappa shape index (κ2) is 7.04. The predicted octanol–water partition coefficient (Wildman–Crippen LogP) is 6.20. The van der Waals surface area contributed by atoms with Gasteiger partial charge in [0.05, 0.1) is 12.7 Å². The fourth-order valence-electron chi connectivity index (χ4n) is 9.90. The maximum absolute atomic E-state index is 13.8. The third-order valence-electron chi connectivity index (χ3n) is 11.6. The first kappa shape index (κ1) is 22.0. The molecule has 4 aliphatic carbocycles. The Hall–Kier alpha value is -0.450. The van der Waals surface area contributed by atoms with Crippen molar-refractivity contribution in [3.05, 3.63) is 11.6 Å². The fraction of sp³-hybridized carbons (Fsp3) is 0.929. The van der Waals surface area contributed by atoms with Crippen molar-refractivity contribution in [1.82, 2.24) is 0 Å². The molecule has 1 spiro atoms. The van der Waals surface area contributed by atoms with Crippen LogP contribution in [0.5, 0.6) is 0 Å². The third-order valence-corrected chi connectivity index (χ3v) is 11.6. The van der Waals surface area contributed by atoms with Crippen LogP contribution in [0.15, 0.2) is 11.6 Å². The van der Waals surface area contributed by atoms with Gasteiger partial charge in [0.2, 0.25) is 0 Å². The highest BCUT2D eigenvalue weighted by molar-refractivity contribution is 5.28. The van der Waals surface area contributed by atoms with E-state index in [4.69, 9.17) is 9.47 Å². The molecular weight excluding hydrogens is 403 g/mol. The molecule has 5 fully saturated rings. The summed E-state index contributed by atoms with van der Waals surface area (Å²) >= 11 is 0. The summed E-state index contributed by atoms with van der Waals surface area (Å²) in [5, 5.41) is 12.4. The molecule has 0 amide bonds. The zero-order chi connectivity index (χ0) is 22.5. The number of hydrogen-bond donors (Lipinski definition) is 1. The van der Waals surface area contributed by atoms with Gasteiger partial charge in [-0.1, -0.05) is 45.8 Å². The summed E-state index contributed by atoms with van der Waals surface area (Å²) in [6, 6.07) is 0. The summed E-state index contributed by atoms with van der Waals surface area (Å²) in [6.07, 6.45) is 11.6. The molecule has 3 nitrogen and oxygen atoms in total. The van der Waals surface area contributed by atoms with Crippen LogP contribution in [-0.4, -0.2) is 35.4 Å².